The molecule has 0 amide bonds. The Morgan fingerprint density at radius 2 is 1.90 bits per heavy atom. The highest BCUT2D eigenvalue weighted by atomic mass is 19.4. The second kappa shape index (κ2) is 5.92. The van der Waals surface area contributed by atoms with Crippen LogP contribution in [0.5, 0.6) is 11.6 Å². The van der Waals surface area contributed by atoms with Crippen molar-refractivity contribution in [2.24, 2.45) is 0 Å². The number of pyridine rings is 1. The van der Waals surface area contributed by atoms with Crippen LogP contribution in [0, 0.1) is 0 Å². The molecule has 1 aromatic heterocycles. The lowest BCUT2D eigenvalue weighted by molar-refractivity contribution is -0.138. The molecule has 1 heterocycles. The van der Waals surface area contributed by atoms with Crippen molar-refractivity contribution in [2.75, 3.05) is 7.05 Å². The summed E-state index contributed by atoms with van der Waals surface area (Å²) in [5.41, 5.74) is 0.102. The van der Waals surface area contributed by atoms with Gasteiger partial charge in [0.1, 0.15) is 5.75 Å². The average Bonchev–Trinajstić information content (AvgIpc) is 2.41. The van der Waals surface area contributed by atoms with Crippen LogP contribution in [0.25, 0.3) is 0 Å². The van der Waals surface area contributed by atoms with Gasteiger partial charge in [-0.05, 0) is 24.7 Å². The van der Waals surface area contributed by atoms with Gasteiger partial charge in [0.15, 0.2) is 0 Å². The highest BCUT2D eigenvalue weighted by Gasteiger charge is 2.34. The van der Waals surface area contributed by atoms with Crippen molar-refractivity contribution in [1.29, 1.82) is 0 Å². The van der Waals surface area contributed by atoms with Gasteiger partial charge < -0.3 is 10.1 Å². The molecule has 106 valence electrons. The summed E-state index contributed by atoms with van der Waals surface area (Å²) in [6.07, 6.45) is -2.90. The summed E-state index contributed by atoms with van der Waals surface area (Å²) in [5.74, 6) is -0.129. The summed E-state index contributed by atoms with van der Waals surface area (Å²) >= 11 is 0. The first-order chi connectivity index (χ1) is 9.50. The third-order valence-electron chi connectivity index (χ3n) is 2.59. The number of nitrogens with zero attached hydrogens (tertiary/aromatic N) is 1. The Hall–Kier alpha value is -2.08. The van der Waals surface area contributed by atoms with Crippen molar-refractivity contribution in [2.45, 2.75) is 12.7 Å². The summed E-state index contributed by atoms with van der Waals surface area (Å²) < 4.78 is 43.6. The largest absolute Gasteiger partial charge is 0.438 e. The minimum atomic E-state index is -4.46. The Labute approximate surface area is 114 Å². The van der Waals surface area contributed by atoms with Gasteiger partial charge in [-0.1, -0.05) is 18.2 Å². The second-order valence-corrected chi connectivity index (χ2v) is 4.13. The summed E-state index contributed by atoms with van der Waals surface area (Å²) in [6.45, 7) is 0.631. The monoisotopic (exact) mass is 282 g/mol. The number of hydrogen-bond acceptors (Lipinski definition) is 3. The van der Waals surface area contributed by atoms with Crippen molar-refractivity contribution in [3.8, 4) is 11.6 Å². The molecule has 0 unspecified atom stereocenters. The first kappa shape index (κ1) is 14.3. The number of benzene rings is 1. The molecule has 0 radical (unpaired) electrons. The molecule has 0 fully saturated rings. The molecule has 0 atom stereocenters. The standard InChI is InChI=1S/C14H13F3N2O/c1-18-8-10-6-7-13(19-9-10)20-12-5-3-2-4-11(12)14(15,16)17/h2-7,9,18H,8H2,1H3. The number of halogens is 3. The Morgan fingerprint density at radius 3 is 2.50 bits per heavy atom. The molecule has 0 bridgehead atoms. The van der Waals surface area contributed by atoms with Gasteiger partial charge >= 0.3 is 6.18 Å². The van der Waals surface area contributed by atoms with E-state index in [4.69, 9.17) is 4.74 Å². The number of ether oxygens (including phenoxy) is 1. The van der Waals surface area contributed by atoms with Crippen LogP contribution >= 0.6 is 0 Å². The van der Waals surface area contributed by atoms with E-state index < -0.39 is 11.7 Å². The predicted molar refractivity (Wildman–Crippen MR) is 68.5 cm³/mol. The van der Waals surface area contributed by atoms with Gasteiger partial charge in [-0.15, -0.1) is 0 Å². The fourth-order valence-electron chi connectivity index (χ4n) is 1.68. The van der Waals surface area contributed by atoms with Gasteiger partial charge in [0.05, 0.1) is 5.56 Å². The lowest BCUT2D eigenvalue weighted by Gasteiger charge is -2.12. The Balaban J connectivity index is 2.22. The van der Waals surface area contributed by atoms with E-state index in [0.29, 0.717) is 6.54 Å². The summed E-state index contributed by atoms with van der Waals surface area (Å²) in [4.78, 5) is 3.99. The molecular formula is C14H13F3N2O. The maximum absolute atomic E-state index is 12.8. The fourth-order valence-corrected chi connectivity index (χ4v) is 1.68. The average molecular weight is 282 g/mol. The highest BCUT2D eigenvalue weighted by molar-refractivity contribution is 5.38. The molecule has 1 N–H and O–H groups in total. The maximum Gasteiger partial charge on any atom is 0.419 e. The number of para-hydroxylation sites is 1. The third-order valence-corrected chi connectivity index (χ3v) is 2.59. The molecule has 6 heteroatoms. The van der Waals surface area contributed by atoms with Gasteiger partial charge in [-0.25, -0.2) is 4.98 Å². The van der Waals surface area contributed by atoms with E-state index in [2.05, 4.69) is 10.3 Å². The zero-order chi connectivity index (χ0) is 14.6. The third kappa shape index (κ3) is 3.48. The SMILES string of the molecule is CNCc1ccc(Oc2ccccc2C(F)(F)F)nc1. The minimum absolute atomic E-state index is 0.126. The predicted octanol–water partition coefficient (Wildman–Crippen LogP) is 3.61. The zero-order valence-electron chi connectivity index (χ0n) is 10.7. The van der Waals surface area contributed by atoms with Crippen LogP contribution in [-0.4, -0.2) is 12.0 Å². The van der Waals surface area contributed by atoms with Gasteiger partial charge in [0.25, 0.3) is 0 Å². The van der Waals surface area contributed by atoms with E-state index in [9.17, 15) is 13.2 Å². The number of rotatable bonds is 4. The maximum atomic E-state index is 12.8. The summed E-state index contributed by atoms with van der Waals surface area (Å²) in [6, 6.07) is 8.34. The fraction of sp³-hybridized carbons (Fsp3) is 0.214. The van der Waals surface area contributed by atoms with Gasteiger partial charge in [-0.3, -0.25) is 0 Å². The molecule has 2 rings (SSSR count). The molecular weight excluding hydrogens is 269 g/mol. The van der Waals surface area contributed by atoms with Crippen molar-refractivity contribution in [3.05, 3.63) is 53.7 Å². The van der Waals surface area contributed by atoms with E-state index in [1.54, 1.807) is 25.4 Å². The number of hydrogen-bond donors (Lipinski definition) is 1. The molecule has 2 aromatic rings. The van der Waals surface area contributed by atoms with Crippen LogP contribution in [0.4, 0.5) is 13.2 Å². The molecule has 0 aliphatic heterocycles. The molecule has 0 aliphatic carbocycles. The van der Waals surface area contributed by atoms with E-state index in [0.717, 1.165) is 11.6 Å². The van der Waals surface area contributed by atoms with Crippen molar-refractivity contribution in [3.63, 3.8) is 0 Å². The van der Waals surface area contributed by atoms with Crippen LogP contribution in [0.15, 0.2) is 42.6 Å². The van der Waals surface area contributed by atoms with Crippen molar-refractivity contribution in [1.82, 2.24) is 10.3 Å². The van der Waals surface area contributed by atoms with Crippen molar-refractivity contribution < 1.29 is 17.9 Å². The molecule has 0 saturated carbocycles. The smallest absolute Gasteiger partial charge is 0.419 e. The summed E-state index contributed by atoms with van der Waals surface area (Å²) in [5, 5.41) is 2.95. The second-order valence-electron chi connectivity index (χ2n) is 4.13. The Morgan fingerprint density at radius 1 is 1.15 bits per heavy atom. The van der Waals surface area contributed by atoms with E-state index in [1.807, 2.05) is 0 Å². The molecule has 1 aromatic carbocycles. The molecule has 0 aliphatic rings. The Kier molecular flexibility index (Phi) is 4.24. The van der Waals surface area contributed by atoms with Gasteiger partial charge in [-0.2, -0.15) is 13.2 Å². The lowest BCUT2D eigenvalue weighted by atomic mass is 10.2. The van der Waals surface area contributed by atoms with Crippen LogP contribution in [0.1, 0.15) is 11.1 Å². The topological polar surface area (TPSA) is 34.1 Å². The first-order valence-corrected chi connectivity index (χ1v) is 5.94. The zero-order valence-corrected chi connectivity index (χ0v) is 10.7. The van der Waals surface area contributed by atoms with Crippen LogP contribution in [-0.2, 0) is 12.7 Å². The molecule has 0 spiro atoms. The van der Waals surface area contributed by atoms with Crippen molar-refractivity contribution >= 4 is 0 Å². The molecule has 3 nitrogen and oxygen atoms in total. The highest BCUT2D eigenvalue weighted by Crippen LogP contribution is 2.37. The normalized spacial score (nSPS) is 11.4. The van der Waals surface area contributed by atoms with Gasteiger partial charge in [0.2, 0.25) is 5.88 Å². The van der Waals surface area contributed by atoms with E-state index in [-0.39, 0.29) is 11.6 Å². The lowest BCUT2D eigenvalue weighted by Crippen LogP contribution is -2.07. The minimum Gasteiger partial charge on any atom is -0.438 e. The van der Waals surface area contributed by atoms with Crippen LogP contribution in [0.3, 0.4) is 0 Å². The quantitative estimate of drug-likeness (QED) is 0.930. The van der Waals surface area contributed by atoms with Crippen LogP contribution < -0.4 is 10.1 Å². The number of nitrogens with one attached hydrogen (secondary N) is 1. The number of alkyl halides is 3. The summed E-state index contributed by atoms with van der Waals surface area (Å²) in [7, 11) is 1.80. The first-order valence-electron chi connectivity index (χ1n) is 5.94. The number of aromatic nitrogens is 1. The van der Waals surface area contributed by atoms with E-state index >= 15 is 0 Å². The van der Waals surface area contributed by atoms with E-state index in [1.165, 1.54) is 18.2 Å². The molecule has 0 saturated heterocycles. The van der Waals surface area contributed by atoms with Gasteiger partial charge in [0, 0.05) is 18.8 Å². The van der Waals surface area contributed by atoms with Crippen LogP contribution in [0.2, 0.25) is 0 Å². The molecule has 20 heavy (non-hydrogen) atoms. The Bertz CT molecular complexity index is 567.